The van der Waals surface area contributed by atoms with E-state index >= 15 is 0 Å². The lowest BCUT2D eigenvalue weighted by molar-refractivity contribution is -0.120. The van der Waals surface area contributed by atoms with Crippen LogP contribution in [0.2, 0.25) is 0 Å². The highest BCUT2D eigenvalue weighted by Crippen LogP contribution is 2.14. The Kier molecular flexibility index (Phi) is 6.23. The maximum Gasteiger partial charge on any atom is 0.223 e. The third-order valence-corrected chi connectivity index (χ3v) is 3.16. The number of amides is 1. The Bertz CT molecular complexity index is 676. The Labute approximate surface area is 136 Å². The molecule has 2 heterocycles. The Morgan fingerprint density at radius 1 is 1.48 bits per heavy atom. The average Bonchev–Trinajstić information content (AvgIpc) is 2.99. The molecule has 0 unspecified atom stereocenters. The van der Waals surface area contributed by atoms with E-state index in [1.807, 2.05) is 12.1 Å². The first-order valence-electron chi connectivity index (χ1n) is 7.67. The molecular formula is C17H21N5O. The molecule has 120 valence electrons. The summed E-state index contributed by atoms with van der Waals surface area (Å²) in [5, 5.41) is 7.26. The molecule has 0 aromatic carbocycles. The Morgan fingerprint density at radius 2 is 2.35 bits per heavy atom. The highest BCUT2D eigenvalue weighted by atomic mass is 16.1. The van der Waals surface area contributed by atoms with Gasteiger partial charge in [-0.2, -0.15) is 0 Å². The number of unbranched alkanes of at least 4 members (excludes halogenated alkanes) is 1. The van der Waals surface area contributed by atoms with Gasteiger partial charge in [0.1, 0.15) is 0 Å². The number of carbonyl (C=O) groups excluding carboxylic acids is 1. The van der Waals surface area contributed by atoms with Gasteiger partial charge in [0.05, 0.1) is 0 Å². The van der Waals surface area contributed by atoms with E-state index < -0.39 is 0 Å². The normalized spacial score (nSPS) is 10.8. The van der Waals surface area contributed by atoms with E-state index in [1.54, 1.807) is 35.4 Å². The van der Waals surface area contributed by atoms with Gasteiger partial charge in [-0.1, -0.05) is 26.0 Å². The Morgan fingerprint density at radius 3 is 3.04 bits per heavy atom. The Balaban J connectivity index is 2.02. The van der Waals surface area contributed by atoms with E-state index in [0.717, 1.165) is 24.9 Å². The molecule has 0 bridgehead atoms. The van der Waals surface area contributed by atoms with Gasteiger partial charge in [-0.3, -0.25) is 9.78 Å². The van der Waals surface area contributed by atoms with Crippen LogP contribution >= 0.6 is 0 Å². The monoisotopic (exact) mass is 311 g/mol. The molecule has 2 aromatic heterocycles. The summed E-state index contributed by atoms with van der Waals surface area (Å²) in [6.07, 6.45) is 10.9. The number of aromatic nitrogens is 4. The predicted octanol–water partition coefficient (Wildman–Crippen LogP) is 2.76. The van der Waals surface area contributed by atoms with Crippen LogP contribution in [0, 0.1) is 0 Å². The van der Waals surface area contributed by atoms with E-state index in [4.69, 9.17) is 0 Å². The van der Waals surface area contributed by atoms with Crippen LogP contribution < -0.4 is 5.32 Å². The van der Waals surface area contributed by atoms with E-state index in [0.29, 0.717) is 18.1 Å². The molecule has 2 aromatic rings. The van der Waals surface area contributed by atoms with Gasteiger partial charge in [0, 0.05) is 37.1 Å². The quantitative estimate of drug-likeness (QED) is 0.761. The van der Waals surface area contributed by atoms with Crippen molar-refractivity contribution in [1.29, 1.82) is 0 Å². The number of carbonyl (C=O) groups is 1. The number of nitrogens with zero attached hydrogens (tertiary/aromatic N) is 4. The van der Waals surface area contributed by atoms with Crippen molar-refractivity contribution in [3.63, 3.8) is 0 Å². The maximum atomic E-state index is 11.7. The molecule has 0 saturated heterocycles. The zero-order valence-corrected chi connectivity index (χ0v) is 13.3. The van der Waals surface area contributed by atoms with Crippen LogP contribution in [0.4, 0.5) is 0 Å². The number of hydrogen-bond donors (Lipinski definition) is 1. The number of pyridine rings is 1. The molecule has 1 amide bonds. The molecule has 0 saturated carbocycles. The van der Waals surface area contributed by atoms with Crippen molar-refractivity contribution in [3.05, 3.63) is 43.0 Å². The van der Waals surface area contributed by atoms with Gasteiger partial charge in [-0.15, -0.1) is 5.10 Å². The van der Waals surface area contributed by atoms with E-state index in [1.165, 1.54) is 0 Å². The van der Waals surface area contributed by atoms with Crippen LogP contribution in [0.1, 0.15) is 32.0 Å². The van der Waals surface area contributed by atoms with Gasteiger partial charge in [0.2, 0.25) is 5.91 Å². The molecule has 0 aliphatic heterocycles. The number of nitrogens with one attached hydrogen (secondary N) is 1. The number of rotatable bonds is 8. The average molecular weight is 311 g/mol. The van der Waals surface area contributed by atoms with Crippen molar-refractivity contribution < 1.29 is 4.79 Å². The zero-order valence-electron chi connectivity index (χ0n) is 13.3. The fourth-order valence-corrected chi connectivity index (χ4v) is 1.94. The van der Waals surface area contributed by atoms with E-state index in [-0.39, 0.29) is 5.91 Å². The topological polar surface area (TPSA) is 72.7 Å². The van der Waals surface area contributed by atoms with Crippen LogP contribution in [-0.2, 0) is 4.79 Å². The van der Waals surface area contributed by atoms with Crippen molar-refractivity contribution in [3.8, 4) is 11.4 Å². The van der Waals surface area contributed by atoms with Gasteiger partial charge in [0.15, 0.2) is 11.6 Å². The highest BCUT2D eigenvalue weighted by Gasteiger charge is 2.07. The van der Waals surface area contributed by atoms with E-state index in [9.17, 15) is 4.79 Å². The van der Waals surface area contributed by atoms with Crippen molar-refractivity contribution in [1.82, 2.24) is 25.1 Å². The molecule has 0 radical (unpaired) electrons. The second-order valence-electron chi connectivity index (χ2n) is 4.98. The maximum absolute atomic E-state index is 11.7. The number of hydrogen-bond acceptors (Lipinski definition) is 4. The van der Waals surface area contributed by atoms with Crippen LogP contribution in [0.3, 0.4) is 0 Å². The van der Waals surface area contributed by atoms with Gasteiger partial charge in [-0.05, 0) is 24.6 Å². The summed E-state index contributed by atoms with van der Waals surface area (Å²) in [4.78, 5) is 20.1. The Hall–Kier alpha value is -2.76. The first-order valence-corrected chi connectivity index (χ1v) is 7.67. The molecule has 23 heavy (non-hydrogen) atoms. The summed E-state index contributed by atoms with van der Waals surface area (Å²) < 4.78 is 1.61. The molecule has 0 aliphatic rings. The zero-order chi connectivity index (χ0) is 16.5. The second-order valence-corrected chi connectivity index (χ2v) is 4.98. The molecule has 0 spiro atoms. The summed E-state index contributed by atoms with van der Waals surface area (Å²) in [6.45, 7) is 6.55. The van der Waals surface area contributed by atoms with Gasteiger partial charge in [0.25, 0.3) is 0 Å². The highest BCUT2D eigenvalue weighted by molar-refractivity contribution is 5.77. The largest absolute Gasteiger partial charge is 0.356 e. The molecule has 0 atom stereocenters. The van der Waals surface area contributed by atoms with Gasteiger partial charge in [-0.25, -0.2) is 9.67 Å². The fourth-order valence-electron chi connectivity index (χ4n) is 1.94. The molecule has 6 nitrogen and oxygen atoms in total. The van der Waals surface area contributed by atoms with Crippen LogP contribution in [0.5, 0.6) is 0 Å². The lowest BCUT2D eigenvalue weighted by atomic mass is 10.3. The summed E-state index contributed by atoms with van der Waals surface area (Å²) in [5.74, 6) is 1.19. The SMILES string of the molecule is C=Cc1nc(-c2cccnc2)nn1/C=C\CC(=O)NCCCC. The summed E-state index contributed by atoms with van der Waals surface area (Å²) in [7, 11) is 0. The minimum absolute atomic E-state index is 0.00227. The first kappa shape index (κ1) is 16.6. The van der Waals surface area contributed by atoms with Crippen LogP contribution in [0.15, 0.2) is 37.2 Å². The van der Waals surface area contributed by atoms with Gasteiger partial charge >= 0.3 is 0 Å². The third-order valence-electron chi connectivity index (χ3n) is 3.16. The van der Waals surface area contributed by atoms with Crippen LogP contribution in [-0.4, -0.2) is 32.2 Å². The molecule has 0 fully saturated rings. The van der Waals surface area contributed by atoms with Crippen molar-refractivity contribution in [2.45, 2.75) is 26.2 Å². The van der Waals surface area contributed by atoms with E-state index in [2.05, 4.69) is 33.9 Å². The molecule has 1 N–H and O–H groups in total. The van der Waals surface area contributed by atoms with Crippen molar-refractivity contribution >= 4 is 18.2 Å². The summed E-state index contributed by atoms with van der Waals surface area (Å²) >= 11 is 0. The molecule has 2 rings (SSSR count). The lowest BCUT2D eigenvalue weighted by Gasteiger charge is -2.01. The van der Waals surface area contributed by atoms with Crippen molar-refractivity contribution in [2.75, 3.05) is 6.54 Å². The predicted molar refractivity (Wildman–Crippen MR) is 91.2 cm³/mol. The van der Waals surface area contributed by atoms with Crippen LogP contribution in [0.25, 0.3) is 23.7 Å². The second kappa shape index (κ2) is 8.63. The molecule has 0 aliphatic carbocycles. The molecule has 6 heteroatoms. The minimum atomic E-state index is 0.00227. The standard InChI is InChI=1S/C17H21N5O/c1-3-5-11-19-16(23)9-7-12-22-15(4-2)20-17(21-22)14-8-6-10-18-13-14/h4,6-8,10,12-13H,2-3,5,9,11H2,1H3,(H,19,23)/b12-7-. The summed E-state index contributed by atoms with van der Waals surface area (Å²) in [6, 6.07) is 3.73. The third kappa shape index (κ3) is 4.88. The smallest absolute Gasteiger partial charge is 0.223 e. The van der Waals surface area contributed by atoms with Gasteiger partial charge < -0.3 is 5.32 Å². The minimum Gasteiger partial charge on any atom is -0.356 e. The van der Waals surface area contributed by atoms with Crippen molar-refractivity contribution in [2.24, 2.45) is 0 Å². The first-order chi connectivity index (χ1) is 11.2. The molecular weight excluding hydrogens is 290 g/mol. The summed E-state index contributed by atoms with van der Waals surface area (Å²) in [5.41, 5.74) is 0.833. The lowest BCUT2D eigenvalue weighted by Crippen LogP contribution is -2.23. The fraction of sp³-hybridized carbons (Fsp3) is 0.294.